The molecule has 0 radical (unpaired) electrons. The number of carbonyl (C=O) groups excluding carboxylic acids is 1. The summed E-state index contributed by atoms with van der Waals surface area (Å²) in [6, 6.07) is 17.6. The first kappa shape index (κ1) is 22.5. The van der Waals surface area contributed by atoms with E-state index in [2.05, 4.69) is 23.3 Å². The lowest BCUT2D eigenvalue weighted by Crippen LogP contribution is -2.38. The zero-order chi connectivity index (χ0) is 21.9. The first-order valence-electron chi connectivity index (χ1n) is 10.6. The van der Waals surface area contributed by atoms with Crippen LogP contribution >= 0.6 is 0 Å². The lowest BCUT2D eigenvalue weighted by Gasteiger charge is -2.31. The molecule has 1 aliphatic rings. The normalized spacial score (nSPS) is 14.5. The van der Waals surface area contributed by atoms with Crippen LogP contribution < -0.4 is 10.1 Å². The molecule has 3 rings (SSSR count). The van der Waals surface area contributed by atoms with Crippen molar-refractivity contribution in [2.24, 2.45) is 0 Å². The van der Waals surface area contributed by atoms with Crippen LogP contribution in [-0.4, -0.2) is 50.3 Å². The van der Waals surface area contributed by atoms with Crippen LogP contribution in [0.1, 0.15) is 29.5 Å². The van der Waals surface area contributed by atoms with E-state index >= 15 is 0 Å². The average molecular weight is 420 g/mol. The second kappa shape index (κ2) is 11.9. The van der Waals surface area contributed by atoms with E-state index in [0.29, 0.717) is 24.8 Å². The van der Waals surface area contributed by atoms with Crippen molar-refractivity contribution in [1.82, 2.24) is 10.2 Å². The predicted octanol–water partition coefficient (Wildman–Crippen LogP) is 3.38. The van der Waals surface area contributed by atoms with Gasteiger partial charge < -0.3 is 14.8 Å². The molecule has 0 atom stereocenters. The summed E-state index contributed by atoms with van der Waals surface area (Å²) in [7, 11) is 2.13. The molecule has 2 aromatic carbocycles. The number of ether oxygens (including phenoxy) is 2. The summed E-state index contributed by atoms with van der Waals surface area (Å²) in [5.74, 6) is 0.586. The van der Waals surface area contributed by atoms with E-state index in [1.54, 1.807) is 18.2 Å². The molecule has 2 aromatic rings. The highest BCUT2D eigenvalue weighted by molar-refractivity contribution is 5.92. The van der Waals surface area contributed by atoms with Gasteiger partial charge in [-0.1, -0.05) is 30.3 Å². The highest BCUT2D eigenvalue weighted by atomic mass is 16.5. The van der Waals surface area contributed by atoms with Gasteiger partial charge in [-0.05, 0) is 55.3 Å². The quantitative estimate of drug-likeness (QED) is 0.631. The first-order valence-corrected chi connectivity index (χ1v) is 10.6. The molecule has 1 fully saturated rings. The fourth-order valence-corrected chi connectivity index (χ4v) is 3.52. The van der Waals surface area contributed by atoms with Gasteiger partial charge in [0.2, 0.25) is 5.91 Å². The summed E-state index contributed by atoms with van der Waals surface area (Å²) >= 11 is 0. The standard InChI is InChI=1S/C25H29N3O3/c1-28(23-11-14-30-15-12-23)13-16-31-24-8-4-5-20(17-24)19-27-25(29)10-9-21-6-2-3-7-22(21)18-26/h2-10,17,23H,11-16,19H2,1H3,(H,27,29)/b10-9+. The zero-order valence-electron chi connectivity index (χ0n) is 17.9. The Hall–Kier alpha value is -3.14. The van der Waals surface area contributed by atoms with Gasteiger partial charge in [0.05, 0.1) is 11.6 Å². The fourth-order valence-electron chi connectivity index (χ4n) is 3.52. The van der Waals surface area contributed by atoms with E-state index in [4.69, 9.17) is 14.7 Å². The number of carbonyl (C=O) groups is 1. The highest BCUT2D eigenvalue weighted by Crippen LogP contribution is 2.15. The molecule has 1 saturated heterocycles. The Balaban J connectivity index is 1.44. The third kappa shape index (κ3) is 7.25. The Labute approximate surface area is 184 Å². The number of likely N-dealkylation sites (N-methyl/N-ethyl adjacent to an activating group) is 1. The number of hydrogen-bond acceptors (Lipinski definition) is 5. The summed E-state index contributed by atoms with van der Waals surface area (Å²) in [4.78, 5) is 14.5. The summed E-state index contributed by atoms with van der Waals surface area (Å²) in [5, 5.41) is 12.0. The molecule has 1 amide bonds. The predicted molar refractivity (Wildman–Crippen MR) is 120 cm³/mol. The lowest BCUT2D eigenvalue weighted by atomic mass is 10.1. The largest absolute Gasteiger partial charge is 0.492 e. The zero-order valence-corrected chi connectivity index (χ0v) is 17.9. The maximum Gasteiger partial charge on any atom is 0.244 e. The van der Waals surface area contributed by atoms with Crippen molar-refractivity contribution in [3.8, 4) is 11.8 Å². The van der Waals surface area contributed by atoms with Gasteiger partial charge in [0.25, 0.3) is 0 Å². The van der Waals surface area contributed by atoms with Crippen molar-refractivity contribution in [2.75, 3.05) is 33.4 Å². The molecule has 6 heteroatoms. The molecule has 1 N–H and O–H groups in total. The van der Waals surface area contributed by atoms with Crippen molar-refractivity contribution in [3.05, 3.63) is 71.3 Å². The van der Waals surface area contributed by atoms with Crippen LogP contribution in [0.2, 0.25) is 0 Å². The van der Waals surface area contributed by atoms with Crippen LogP contribution in [-0.2, 0) is 16.1 Å². The smallest absolute Gasteiger partial charge is 0.244 e. The third-order valence-electron chi connectivity index (χ3n) is 5.39. The van der Waals surface area contributed by atoms with Gasteiger partial charge in [-0.25, -0.2) is 0 Å². The lowest BCUT2D eigenvalue weighted by molar-refractivity contribution is -0.116. The van der Waals surface area contributed by atoms with E-state index < -0.39 is 0 Å². The molecule has 0 saturated carbocycles. The first-order chi connectivity index (χ1) is 15.2. The molecule has 0 spiro atoms. The van der Waals surface area contributed by atoms with Crippen LogP contribution in [0.4, 0.5) is 0 Å². The van der Waals surface area contributed by atoms with Crippen molar-refractivity contribution in [3.63, 3.8) is 0 Å². The number of nitrogens with zero attached hydrogens (tertiary/aromatic N) is 2. The van der Waals surface area contributed by atoms with Crippen molar-refractivity contribution in [2.45, 2.75) is 25.4 Å². The summed E-state index contributed by atoms with van der Waals surface area (Å²) in [6.07, 6.45) is 5.25. The number of rotatable bonds is 9. The van der Waals surface area contributed by atoms with Crippen LogP contribution in [0.25, 0.3) is 6.08 Å². The minimum Gasteiger partial charge on any atom is -0.492 e. The topological polar surface area (TPSA) is 74.6 Å². The molecule has 31 heavy (non-hydrogen) atoms. The molecule has 1 heterocycles. The Morgan fingerprint density at radius 1 is 1.26 bits per heavy atom. The van der Waals surface area contributed by atoms with Gasteiger partial charge in [0, 0.05) is 38.4 Å². The molecule has 1 aliphatic heterocycles. The van der Waals surface area contributed by atoms with E-state index in [1.807, 2.05) is 36.4 Å². The number of nitriles is 1. The Bertz CT molecular complexity index is 930. The Kier molecular flexibility index (Phi) is 8.65. The van der Waals surface area contributed by atoms with Gasteiger partial charge in [-0.2, -0.15) is 5.26 Å². The molecule has 0 bridgehead atoms. The van der Waals surface area contributed by atoms with E-state index in [0.717, 1.165) is 49.5 Å². The summed E-state index contributed by atoms with van der Waals surface area (Å²) in [5.41, 5.74) is 2.23. The third-order valence-corrected chi connectivity index (χ3v) is 5.39. The van der Waals surface area contributed by atoms with Gasteiger partial charge in [-0.3, -0.25) is 9.69 Å². The average Bonchev–Trinajstić information content (AvgIpc) is 2.82. The van der Waals surface area contributed by atoms with Crippen LogP contribution in [0.15, 0.2) is 54.6 Å². The number of benzene rings is 2. The molecule has 162 valence electrons. The maximum absolute atomic E-state index is 12.1. The molecule has 0 aliphatic carbocycles. The van der Waals surface area contributed by atoms with Crippen LogP contribution in [0.5, 0.6) is 5.75 Å². The molecule has 0 unspecified atom stereocenters. The highest BCUT2D eigenvalue weighted by Gasteiger charge is 2.17. The van der Waals surface area contributed by atoms with Gasteiger partial charge in [-0.15, -0.1) is 0 Å². The van der Waals surface area contributed by atoms with Gasteiger partial charge >= 0.3 is 0 Å². The number of amides is 1. The second-order valence-corrected chi connectivity index (χ2v) is 7.57. The van der Waals surface area contributed by atoms with Crippen LogP contribution in [0, 0.1) is 11.3 Å². The van der Waals surface area contributed by atoms with Gasteiger partial charge in [0.1, 0.15) is 12.4 Å². The Morgan fingerprint density at radius 2 is 2.06 bits per heavy atom. The minimum atomic E-state index is -0.211. The second-order valence-electron chi connectivity index (χ2n) is 7.57. The number of nitrogens with one attached hydrogen (secondary N) is 1. The van der Waals surface area contributed by atoms with Crippen LogP contribution in [0.3, 0.4) is 0 Å². The Morgan fingerprint density at radius 3 is 2.87 bits per heavy atom. The van der Waals surface area contributed by atoms with Crippen molar-refractivity contribution >= 4 is 12.0 Å². The van der Waals surface area contributed by atoms with E-state index in [1.165, 1.54) is 6.08 Å². The SMILES string of the molecule is CN(CCOc1cccc(CNC(=O)/C=C/c2ccccc2C#N)c1)C1CCOCC1. The summed E-state index contributed by atoms with van der Waals surface area (Å²) < 4.78 is 11.3. The maximum atomic E-state index is 12.1. The van der Waals surface area contributed by atoms with E-state index in [9.17, 15) is 4.79 Å². The molecule has 6 nitrogen and oxygen atoms in total. The molecule has 0 aromatic heterocycles. The summed E-state index contributed by atoms with van der Waals surface area (Å²) in [6.45, 7) is 3.56. The van der Waals surface area contributed by atoms with Gasteiger partial charge in [0.15, 0.2) is 0 Å². The number of hydrogen-bond donors (Lipinski definition) is 1. The van der Waals surface area contributed by atoms with E-state index in [-0.39, 0.29) is 5.91 Å². The molecular formula is C25H29N3O3. The fraction of sp³-hybridized carbons (Fsp3) is 0.360. The molecular weight excluding hydrogens is 390 g/mol. The van der Waals surface area contributed by atoms with Crippen molar-refractivity contribution in [1.29, 1.82) is 5.26 Å². The minimum absolute atomic E-state index is 0.211. The monoisotopic (exact) mass is 419 g/mol. The van der Waals surface area contributed by atoms with Crippen molar-refractivity contribution < 1.29 is 14.3 Å².